The third-order valence-electron chi connectivity index (χ3n) is 4.26. The van der Waals surface area contributed by atoms with Crippen molar-refractivity contribution in [1.29, 1.82) is 0 Å². The van der Waals surface area contributed by atoms with Gasteiger partial charge in [-0.1, -0.05) is 18.2 Å². The third-order valence-corrected chi connectivity index (χ3v) is 4.26. The van der Waals surface area contributed by atoms with Crippen molar-refractivity contribution in [2.75, 3.05) is 26.7 Å². The van der Waals surface area contributed by atoms with Crippen LogP contribution in [0.5, 0.6) is 0 Å². The first-order valence-electron chi connectivity index (χ1n) is 7.47. The van der Waals surface area contributed by atoms with Gasteiger partial charge in [0.1, 0.15) is 0 Å². The number of morpholine rings is 1. The number of ether oxygens (including phenoxy) is 1. The van der Waals surface area contributed by atoms with Gasteiger partial charge in [-0.25, -0.2) is 0 Å². The summed E-state index contributed by atoms with van der Waals surface area (Å²) in [4.78, 5) is 13.5. The highest BCUT2D eigenvalue weighted by Gasteiger charge is 2.43. The van der Waals surface area contributed by atoms with Crippen molar-refractivity contribution in [3.8, 4) is 0 Å². The Balaban J connectivity index is 1.98. The van der Waals surface area contributed by atoms with Crippen LogP contribution in [0.4, 0.5) is 5.69 Å². The first-order valence-corrected chi connectivity index (χ1v) is 7.47. The number of para-hydroxylation sites is 1. The molecule has 6 heteroatoms. The largest absolute Gasteiger partial charge is 0.374 e. The van der Waals surface area contributed by atoms with Crippen molar-refractivity contribution in [3.63, 3.8) is 0 Å². The summed E-state index contributed by atoms with van der Waals surface area (Å²) in [6, 6.07) is 7.57. The van der Waals surface area contributed by atoms with Crippen LogP contribution in [0.25, 0.3) is 0 Å². The molecule has 1 N–H and O–H groups in total. The second kappa shape index (κ2) is 6.09. The smallest absolute Gasteiger partial charge is 0.274 e. The number of nitrogens with one attached hydrogen (secondary N) is 1. The molecule has 2 fully saturated rings. The van der Waals surface area contributed by atoms with E-state index >= 15 is 0 Å². The van der Waals surface area contributed by atoms with Crippen molar-refractivity contribution in [1.82, 2.24) is 10.2 Å². The first-order chi connectivity index (χ1) is 10.2. The van der Waals surface area contributed by atoms with Gasteiger partial charge in [0.25, 0.3) is 5.69 Å². The molecule has 1 aromatic rings. The number of hydrogen-bond donors (Lipinski definition) is 1. The highest BCUT2D eigenvalue weighted by molar-refractivity contribution is 5.43. The Kier molecular flexibility index (Phi) is 4.19. The van der Waals surface area contributed by atoms with E-state index in [1.165, 1.54) is 12.8 Å². The molecule has 21 heavy (non-hydrogen) atoms. The minimum atomic E-state index is -0.286. The lowest BCUT2D eigenvalue weighted by molar-refractivity contribution is -0.386. The quantitative estimate of drug-likeness (QED) is 0.661. The van der Waals surface area contributed by atoms with Gasteiger partial charge in [-0.2, -0.15) is 0 Å². The molecule has 2 aliphatic rings. The molecule has 3 rings (SSSR count). The van der Waals surface area contributed by atoms with Gasteiger partial charge < -0.3 is 10.1 Å². The van der Waals surface area contributed by atoms with Crippen LogP contribution in [0, 0.1) is 10.1 Å². The van der Waals surface area contributed by atoms with Crippen LogP contribution < -0.4 is 5.32 Å². The van der Waals surface area contributed by atoms with Crippen molar-refractivity contribution in [2.24, 2.45) is 0 Å². The Morgan fingerprint density at radius 1 is 1.43 bits per heavy atom. The molecule has 0 amide bonds. The van der Waals surface area contributed by atoms with Gasteiger partial charge in [0.15, 0.2) is 0 Å². The lowest BCUT2D eigenvalue weighted by Crippen LogP contribution is -2.49. The monoisotopic (exact) mass is 291 g/mol. The topological polar surface area (TPSA) is 67.6 Å². The van der Waals surface area contributed by atoms with E-state index in [2.05, 4.69) is 10.2 Å². The molecule has 1 heterocycles. The molecular formula is C15H21N3O3. The predicted octanol–water partition coefficient (Wildman–Crippen LogP) is 1.72. The van der Waals surface area contributed by atoms with Crippen LogP contribution in [0.3, 0.4) is 0 Å². The summed E-state index contributed by atoms with van der Waals surface area (Å²) >= 11 is 0. The molecule has 0 aromatic heterocycles. The minimum Gasteiger partial charge on any atom is -0.374 e. The van der Waals surface area contributed by atoms with Gasteiger partial charge in [-0.3, -0.25) is 15.0 Å². The molecule has 6 nitrogen and oxygen atoms in total. The summed E-state index contributed by atoms with van der Waals surface area (Å²) < 4.78 is 5.90. The molecule has 0 spiro atoms. The van der Waals surface area contributed by atoms with Crippen LogP contribution in [-0.4, -0.2) is 48.7 Å². The van der Waals surface area contributed by atoms with E-state index < -0.39 is 0 Å². The van der Waals surface area contributed by atoms with Gasteiger partial charge in [-0.15, -0.1) is 0 Å². The zero-order chi connectivity index (χ0) is 14.8. The standard InChI is InChI=1S/C15H21N3O3/c1-16-10-14-15(17(8-9-21-14)11-6-7-11)12-4-2-3-5-13(12)18(19)20/h2-5,11,14-16H,6-10H2,1H3. The van der Waals surface area contributed by atoms with E-state index in [-0.39, 0.29) is 22.8 Å². The summed E-state index contributed by atoms with van der Waals surface area (Å²) in [5.41, 5.74) is 0.967. The van der Waals surface area contributed by atoms with E-state index in [4.69, 9.17) is 4.74 Å². The molecule has 0 radical (unpaired) electrons. The summed E-state index contributed by atoms with van der Waals surface area (Å²) in [5, 5.41) is 14.5. The maximum atomic E-state index is 11.4. The number of nitrogens with zero attached hydrogens (tertiary/aromatic N) is 2. The zero-order valence-electron chi connectivity index (χ0n) is 12.2. The average molecular weight is 291 g/mol. The molecular weight excluding hydrogens is 270 g/mol. The molecule has 2 unspecified atom stereocenters. The number of likely N-dealkylation sites (N-methyl/N-ethyl adjacent to an activating group) is 1. The normalized spacial score (nSPS) is 26.7. The van der Waals surface area contributed by atoms with Crippen LogP contribution in [-0.2, 0) is 4.74 Å². The number of rotatable bonds is 5. The Hall–Kier alpha value is -1.50. The van der Waals surface area contributed by atoms with Crippen LogP contribution in [0.2, 0.25) is 0 Å². The SMILES string of the molecule is CNCC1OCCN(C2CC2)C1c1ccccc1[N+](=O)[O-]. The Labute approximate surface area is 124 Å². The van der Waals surface area contributed by atoms with Gasteiger partial charge in [0, 0.05) is 30.8 Å². The van der Waals surface area contributed by atoms with Crippen LogP contribution in [0.1, 0.15) is 24.4 Å². The molecule has 1 aliphatic heterocycles. The first kappa shape index (κ1) is 14.4. The molecule has 1 saturated carbocycles. The maximum absolute atomic E-state index is 11.4. The van der Waals surface area contributed by atoms with E-state index in [0.717, 1.165) is 12.1 Å². The molecule has 0 bridgehead atoms. The molecule has 114 valence electrons. The number of nitro groups is 1. The van der Waals surface area contributed by atoms with Gasteiger partial charge in [0.05, 0.1) is 23.7 Å². The number of benzene rings is 1. The van der Waals surface area contributed by atoms with Crippen molar-refractivity contribution < 1.29 is 9.66 Å². The van der Waals surface area contributed by atoms with Gasteiger partial charge in [-0.05, 0) is 19.9 Å². The van der Waals surface area contributed by atoms with Gasteiger partial charge in [0.2, 0.25) is 0 Å². The fourth-order valence-corrected chi connectivity index (χ4v) is 3.22. The van der Waals surface area contributed by atoms with E-state index in [9.17, 15) is 10.1 Å². The highest BCUT2D eigenvalue weighted by Crippen LogP contribution is 2.41. The zero-order valence-corrected chi connectivity index (χ0v) is 12.2. The van der Waals surface area contributed by atoms with Crippen LogP contribution >= 0.6 is 0 Å². The Morgan fingerprint density at radius 3 is 2.86 bits per heavy atom. The van der Waals surface area contributed by atoms with Crippen molar-refractivity contribution >= 4 is 5.69 Å². The lowest BCUT2D eigenvalue weighted by Gasteiger charge is -2.41. The fraction of sp³-hybridized carbons (Fsp3) is 0.600. The fourth-order valence-electron chi connectivity index (χ4n) is 3.22. The third kappa shape index (κ3) is 2.92. The number of nitro benzene ring substituents is 1. The second-order valence-electron chi connectivity index (χ2n) is 5.70. The second-order valence-corrected chi connectivity index (χ2v) is 5.70. The summed E-state index contributed by atoms with van der Waals surface area (Å²) in [6.45, 7) is 2.24. The minimum absolute atomic E-state index is 0.0414. The molecule has 2 atom stereocenters. The van der Waals surface area contributed by atoms with E-state index in [1.807, 2.05) is 19.2 Å². The van der Waals surface area contributed by atoms with Crippen LogP contribution in [0.15, 0.2) is 24.3 Å². The highest BCUT2D eigenvalue weighted by atomic mass is 16.6. The Morgan fingerprint density at radius 2 is 2.19 bits per heavy atom. The molecule has 1 aliphatic carbocycles. The van der Waals surface area contributed by atoms with Crippen molar-refractivity contribution in [3.05, 3.63) is 39.9 Å². The summed E-state index contributed by atoms with van der Waals surface area (Å²) in [7, 11) is 1.88. The van der Waals surface area contributed by atoms with E-state index in [0.29, 0.717) is 19.2 Å². The van der Waals surface area contributed by atoms with Crippen molar-refractivity contribution in [2.45, 2.75) is 31.0 Å². The predicted molar refractivity (Wildman–Crippen MR) is 79.2 cm³/mol. The maximum Gasteiger partial charge on any atom is 0.274 e. The molecule has 1 saturated heterocycles. The van der Waals surface area contributed by atoms with Gasteiger partial charge >= 0.3 is 0 Å². The van der Waals surface area contributed by atoms with E-state index in [1.54, 1.807) is 12.1 Å². The lowest BCUT2D eigenvalue weighted by atomic mass is 9.96. The number of hydrogen-bond acceptors (Lipinski definition) is 5. The summed E-state index contributed by atoms with van der Waals surface area (Å²) in [5.74, 6) is 0. The Bertz CT molecular complexity index is 517. The summed E-state index contributed by atoms with van der Waals surface area (Å²) in [6.07, 6.45) is 2.32. The molecule has 1 aromatic carbocycles. The average Bonchev–Trinajstić information content (AvgIpc) is 3.32.